The monoisotopic (exact) mass is 375 g/mol. The van der Waals surface area contributed by atoms with Crippen molar-refractivity contribution in [2.75, 3.05) is 33.0 Å². The fourth-order valence-electron chi connectivity index (χ4n) is 3.18. The van der Waals surface area contributed by atoms with Crippen LogP contribution < -0.4 is 9.64 Å². The number of thioether (sulfide) groups is 1. The summed E-state index contributed by atoms with van der Waals surface area (Å²) in [5.41, 5.74) is 2.12. The lowest BCUT2D eigenvalue weighted by atomic mass is 10.2. The number of likely N-dealkylation sites (N-methyl/N-ethyl adjacent to an activating group) is 1. The number of hydrogen-bond donors (Lipinski definition) is 1. The molecule has 4 nitrogen and oxygen atoms in total. The van der Waals surface area contributed by atoms with Gasteiger partial charge in [-0.15, -0.1) is 11.8 Å². The summed E-state index contributed by atoms with van der Waals surface area (Å²) in [6.45, 7) is 1.92. The molecule has 0 bridgehead atoms. The minimum atomic E-state index is -0.253. The molecule has 0 spiro atoms. The van der Waals surface area contributed by atoms with E-state index in [0.717, 1.165) is 40.6 Å². The number of benzene rings is 2. The van der Waals surface area contributed by atoms with E-state index in [4.69, 9.17) is 4.74 Å². The fourth-order valence-corrected chi connectivity index (χ4v) is 4.46. The van der Waals surface area contributed by atoms with Gasteiger partial charge in [-0.05, 0) is 29.8 Å². The van der Waals surface area contributed by atoms with E-state index in [1.807, 2.05) is 36.2 Å². The number of rotatable bonds is 6. The van der Waals surface area contributed by atoms with Crippen LogP contribution in [-0.2, 0) is 11.3 Å². The highest BCUT2D eigenvalue weighted by Gasteiger charge is 2.32. The largest absolute Gasteiger partial charge is 0.497 e. The van der Waals surface area contributed by atoms with E-state index in [1.165, 1.54) is 12.1 Å². The van der Waals surface area contributed by atoms with Crippen LogP contribution >= 0.6 is 11.8 Å². The number of halogens is 1. The van der Waals surface area contributed by atoms with Gasteiger partial charge in [0.15, 0.2) is 6.54 Å². The molecule has 1 N–H and O–H groups in total. The maximum absolute atomic E-state index is 13.2. The topological polar surface area (TPSA) is 34.0 Å². The lowest BCUT2D eigenvalue weighted by Crippen LogP contribution is -3.08. The number of quaternary nitrogens is 1. The molecule has 0 aromatic heterocycles. The van der Waals surface area contributed by atoms with Crippen LogP contribution in [-0.4, -0.2) is 43.8 Å². The summed E-state index contributed by atoms with van der Waals surface area (Å²) in [7, 11) is 3.67. The van der Waals surface area contributed by atoms with Gasteiger partial charge in [0.05, 0.1) is 14.2 Å². The highest BCUT2D eigenvalue weighted by Crippen LogP contribution is 2.37. The van der Waals surface area contributed by atoms with Crippen molar-refractivity contribution in [2.45, 2.75) is 11.9 Å². The van der Waals surface area contributed by atoms with E-state index >= 15 is 0 Å². The van der Waals surface area contributed by atoms with Gasteiger partial charge >= 0.3 is 0 Å². The lowest BCUT2D eigenvalue weighted by molar-refractivity contribution is -0.885. The van der Waals surface area contributed by atoms with Gasteiger partial charge in [0.2, 0.25) is 0 Å². The molecule has 26 heavy (non-hydrogen) atoms. The third-order valence-electron chi connectivity index (χ3n) is 4.46. The summed E-state index contributed by atoms with van der Waals surface area (Å²) in [6, 6.07) is 14.4. The molecule has 0 radical (unpaired) electrons. The number of nitrogens with one attached hydrogen (secondary N) is 1. The maximum Gasteiger partial charge on any atom is 0.278 e. The second kappa shape index (κ2) is 8.56. The Bertz CT molecular complexity index is 754. The Hall–Kier alpha value is -2.05. The predicted molar refractivity (Wildman–Crippen MR) is 102 cm³/mol. The first-order valence-electron chi connectivity index (χ1n) is 8.67. The quantitative estimate of drug-likeness (QED) is 0.840. The van der Waals surface area contributed by atoms with Crippen LogP contribution in [0.15, 0.2) is 48.5 Å². The van der Waals surface area contributed by atoms with Crippen molar-refractivity contribution in [3.8, 4) is 5.75 Å². The summed E-state index contributed by atoms with van der Waals surface area (Å²) >= 11 is 1.73. The van der Waals surface area contributed by atoms with Gasteiger partial charge in [0.25, 0.3) is 5.91 Å². The predicted octanol–water partition coefficient (Wildman–Crippen LogP) is 2.12. The number of amides is 1. The maximum atomic E-state index is 13.2. The van der Waals surface area contributed by atoms with E-state index in [0.29, 0.717) is 6.54 Å². The number of ether oxygens (including phenoxy) is 1. The number of hydrogen-bond acceptors (Lipinski definition) is 3. The Balaban J connectivity index is 1.61. The molecule has 1 fully saturated rings. The normalized spacial score (nSPS) is 18.0. The third-order valence-corrected chi connectivity index (χ3v) is 5.72. The van der Waals surface area contributed by atoms with Crippen LogP contribution in [0.2, 0.25) is 0 Å². The minimum absolute atomic E-state index is 0.0206. The van der Waals surface area contributed by atoms with E-state index in [-0.39, 0.29) is 17.1 Å². The van der Waals surface area contributed by atoms with Crippen molar-refractivity contribution < 1.29 is 18.8 Å². The summed E-state index contributed by atoms with van der Waals surface area (Å²) in [6.07, 6.45) is 0. The van der Waals surface area contributed by atoms with Gasteiger partial charge in [-0.25, -0.2) is 4.39 Å². The van der Waals surface area contributed by atoms with E-state index in [9.17, 15) is 9.18 Å². The summed E-state index contributed by atoms with van der Waals surface area (Å²) in [4.78, 5) is 15.8. The first-order valence-corrected chi connectivity index (χ1v) is 9.72. The van der Waals surface area contributed by atoms with Crippen molar-refractivity contribution in [3.63, 3.8) is 0 Å². The highest BCUT2D eigenvalue weighted by molar-refractivity contribution is 7.99. The van der Waals surface area contributed by atoms with E-state index in [1.54, 1.807) is 31.0 Å². The van der Waals surface area contributed by atoms with Crippen LogP contribution in [0.1, 0.15) is 16.5 Å². The molecule has 2 aromatic carbocycles. The molecular weight excluding hydrogens is 351 g/mol. The van der Waals surface area contributed by atoms with Crippen molar-refractivity contribution >= 4 is 17.7 Å². The molecule has 1 unspecified atom stereocenters. The highest BCUT2D eigenvalue weighted by atomic mass is 32.2. The molecule has 0 saturated carbocycles. The molecule has 2 atom stereocenters. The van der Waals surface area contributed by atoms with E-state index < -0.39 is 0 Å². The van der Waals surface area contributed by atoms with Crippen LogP contribution in [0.5, 0.6) is 5.75 Å². The molecule has 1 aliphatic heterocycles. The van der Waals surface area contributed by atoms with Gasteiger partial charge in [-0.2, -0.15) is 0 Å². The second-order valence-electron chi connectivity index (χ2n) is 6.52. The van der Waals surface area contributed by atoms with E-state index in [2.05, 4.69) is 0 Å². The number of carbonyl (C=O) groups is 1. The van der Waals surface area contributed by atoms with Crippen molar-refractivity contribution in [1.82, 2.24) is 4.90 Å². The molecule has 0 aliphatic carbocycles. The van der Waals surface area contributed by atoms with Gasteiger partial charge in [-0.1, -0.05) is 24.3 Å². The van der Waals surface area contributed by atoms with Crippen LogP contribution in [0.3, 0.4) is 0 Å². The Morgan fingerprint density at radius 3 is 2.81 bits per heavy atom. The van der Waals surface area contributed by atoms with Gasteiger partial charge in [0, 0.05) is 17.9 Å². The smallest absolute Gasteiger partial charge is 0.278 e. The zero-order valence-corrected chi connectivity index (χ0v) is 15.9. The molecule has 1 saturated heterocycles. The average molecular weight is 375 g/mol. The molecule has 138 valence electrons. The molecule has 6 heteroatoms. The van der Waals surface area contributed by atoms with Crippen molar-refractivity contribution in [3.05, 3.63) is 65.5 Å². The number of carbonyl (C=O) groups excluding carboxylic acids is 1. The number of methoxy groups -OCH3 is 1. The van der Waals surface area contributed by atoms with Crippen molar-refractivity contribution in [1.29, 1.82) is 0 Å². The van der Waals surface area contributed by atoms with Gasteiger partial charge in [-0.3, -0.25) is 4.79 Å². The van der Waals surface area contributed by atoms with Crippen molar-refractivity contribution in [2.24, 2.45) is 0 Å². The van der Waals surface area contributed by atoms with Gasteiger partial charge in [0.1, 0.15) is 23.5 Å². The Kier molecular flexibility index (Phi) is 6.16. The lowest BCUT2D eigenvalue weighted by Gasteiger charge is -2.25. The SMILES string of the molecule is COc1cccc(C[NH+](C)CC(=O)N2CCS[C@H]2c2ccc(F)cc2)c1. The van der Waals surface area contributed by atoms with Crippen LogP contribution in [0.25, 0.3) is 0 Å². The Labute approximate surface area is 157 Å². The molecular formula is C20H24FN2O2S+. The van der Waals surface area contributed by atoms with Crippen LogP contribution in [0, 0.1) is 5.82 Å². The molecule has 2 aromatic rings. The summed E-state index contributed by atoms with van der Waals surface area (Å²) in [5, 5.41) is -0.0206. The number of nitrogens with zero attached hydrogens (tertiary/aromatic N) is 1. The first kappa shape index (κ1) is 18.7. The molecule has 1 aliphatic rings. The average Bonchev–Trinajstić information content (AvgIpc) is 3.12. The Morgan fingerprint density at radius 2 is 2.08 bits per heavy atom. The Morgan fingerprint density at radius 1 is 1.31 bits per heavy atom. The molecule has 1 heterocycles. The standard InChI is InChI=1S/C20H23FN2O2S/c1-22(13-15-4-3-5-18(12-15)25-2)14-19(24)23-10-11-26-20(23)16-6-8-17(21)9-7-16/h3-9,12,20H,10-11,13-14H2,1-2H3/p+1/t20-/m0/s1. The fraction of sp³-hybridized carbons (Fsp3) is 0.350. The zero-order valence-electron chi connectivity index (χ0n) is 15.1. The molecule has 1 amide bonds. The summed E-state index contributed by atoms with van der Waals surface area (Å²) in [5.74, 6) is 1.61. The summed E-state index contributed by atoms with van der Waals surface area (Å²) < 4.78 is 18.4. The second-order valence-corrected chi connectivity index (χ2v) is 7.71. The molecule has 3 rings (SSSR count). The van der Waals surface area contributed by atoms with Crippen LogP contribution in [0.4, 0.5) is 4.39 Å². The minimum Gasteiger partial charge on any atom is -0.497 e. The zero-order chi connectivity index (χ0) is 18.5. The third kappa shape index (κ3) is 4.56. The van der Waals surface area contributed by atoms with Gasteiger partial charge < -0.3 is 14.5 Å². The first-order chi connectivity index (χ1) is 12.6.